The van der Waals surface area contributed by atoms with Crippen LogP contribution in [0.5, 0.6) is 0 Å². The van der Waals surface area contributed by atoms with Gasteiger partial charge in [-0.1, -0.05) is 0 Å². The summed E-state index contributed by atoms with van der Waals surface area (Å²) in [5, 5.41) is 6.02. The second kappa shape index (κ2) is 10.1. The Bertz CT molecular complexity index is 1520. The van der Waals surface area contributed by atoms with Crippen LogP contribution in [0.2, 0.25) is 0 Å². The number of carbonyl (C=O) groups excluding carboxylic acids is 2. The molecule has 1 aliphatic heterocycles. The Kier molecular flexibility index (Phi) is 7.06. The number of nitrogens with zero attached hydrogens (tertiary/aromatic N) is 4. The first kappa shape index (κ1) is 28.5. The molecule has 5 rings (SSSR count). The first-order valence-corrected chi connectivity index (χ1v) is 12.4. The molecular weight excluding hydrogens is 568 g/mol. The molecule has 1 aromatic carbocycles. The Morgan fingerprint density at radius 3 is 2.54 bits per heavy atom. The molecule has 8 nitrogen and oxygen atoms in total. The summed E-state index contributed by atoms with van der Waals surface area (Å²) in [6.07, 6.45) is -7.05. The van der Waals surface area contributed by atoms with Crippen LogP contribution in [0.15, 0.2) is 24.5 Å². The van der Waals surface area contributed by atoms with E-state index in [1.807, 2.05) is 0 Å². The van der Waals surface area contributed by atoms with E-state index < -0.39 is 102 Å². The van der Waals surface area contributed by atoms with E-state index in [1.165, 1.54) is 0 Å². The second-order valence-corrected chi connectivity index (χ2v) is 10.1. The number of halogens is 8. The van der Waals surface area contributed by atoms with Gasteiger partial charge in [-0.15, -0.1) is 0 Å². The van der Waals surface area contributed by atoms with E-state index in [1.54, 1.807) is 0 Å². The van der Waals surface area contributed by atoms with Crippen LogP contribution < -0.4 is 11.1 Å². The van der Waals surface area contributed by atoms with Crippen molar-refractivity contribution >= 4 is 23.1 Å². The number of benzene rings is 1. The zero-order chi connectivity index (χ0) is 29.9. The number of aromatic nitrogens is 3. The lowest BCUT2D eigenvalue weighted by molar-refractivity contribution is -0.136. The van der Waals surface area contributed by atoms with Crippen molar-refractivity contribution in [1.29, 1.82) is 0 Å². The van der Waals surface area contributed by atoms with E-state index in [9.17, 15) is 44.7 Å². The highest BCUT2D eigenvalue weighted by atomic mass is 19.4. The van der Waals surface area contributed by atoms with E-state index >= 15 is 0 Å². The highest BCUT2D eigenvalue weighted by molar-refractivity contribution is 5.97. The maximum atomic E-state index is 15.0. The number of likely N-dealkylation sites (tertiary alicyclic amines) is 1. The molecule has 1 saturated carbocycles. The lowest BCUT2D eigenvalue weighted by Crippen LogP contribution is -2.42. The number of rotatable bonds is 5. The fraction of sp³-hybridized carbons (Fsp3) is 0.440. The number of carbonyl (C=O) groups is 2. The molecule has 3 heterocycles. The number of hydrogen-bond donors (Lipinski definition) is 2. The standard InChI is InChI=1S/C25H22F8N6O2/c26-7-14-13(22(40)37-18-9-38(8-17(18)28)23(41)11-1-2-24(29,30)6-11)3-12(4-16(14)27)19-5-15(25(31,32)33)20-21(34)35-10-36-39(19)20/h3-5,10-11,17-18H,1-2,6-9H2,(H,37,40)(H2,34,35,36)/t11?,17-,18+/m0/s1. The van der Waals surface area contributed by atoms with Gasteiger partial charge in [-0.05, 0) is 24.6 Å². The molecule has 3 N–H and O–H groups in total. The molecular formula is C25H22F8N6O2. The summed E-state index contributed by atoms with van der Waals surface area (Å²) >= 11 is 0. The van der Waals surface area contributed by atoms with Crippen molar-refractivity contribution in [2.24, 2.45) is 5.92 Å². The number of anilines is 1. The van der Waals surface area contributed by atoms with Gasteiger partial charge in [0.25, 0.3) is 5.91 Å². The number of nitrogen functional groups attached to an aromatic ring is 1. The maximum absolute atomic E-state index is 15.0. The van der Waals surface area contributed by atoms with Gasteiger partial charge in [0.2, 0.25) is 11.8 Å². The minimum Gasteiger partial charge on any atom is -0.382 e. The average Bonchev–Trinajstić information content (AvgIpc) is 3.58. The number of amides is 2. The third kappa shape index (κ3) is 5.26. The highest BCUT2D eigenvalue weighted by Gasteiger charge is 2.46. The summed E-state index contributed by atoms with van der Waals surface area (Å²) in [5.74, 6) is -7.60. The maximum Gasteiger partial charge on any atom is 0.418 e. The number of alkyl halides is 7. The third-order valence-corrected chi connectivity index (χ3v) is 7.39. The SMILES string of the molecule is Nc1ncnn2c(-c3cc(F)c(CF)c(C(=O)N[C@@H]4CN(C(=O)C5CCC(F)(F)C5)C[C@@H]4F)c3)cc(C(F)(F)F)c12. The van der Waals surface area contributed by atoms with Crippen LogP contribution in [0.1, 0.15) is 40.7 Å². The molecule has 16 heteroatoms. The molecule has 1 unspecified atom stereocenters. The lowest BCUT2D eigenvalue weighted by Gasteiger charge is -2.20. The molecule has 3 aromatic rings. The van der Waals surface area contributed by atoms with Crippen molar-refractivity contribution in [3.63, 3.8) is 0 Å². The molecule has 3 atom stereocenters. The first-order chi connectivity index (χ1) is 19.2. The minimum absolute atomic E-state index is 0.0662. The van der Waals surface area contributed by atoms with E-state index in [-0.39, 0.29) is 24.2 Å². The van der Waals surface area contributed by atoms with Gasteiger partial charge in [0.05, 0.1) is 23.8 Å². The van der Waals surface area contributed by atoms with E-state index in [2.05, 4.69) is 15.4 Å². The zero-order valence-corrected chi connectivity index (χ0v) is 21.0. The van der Waals surface area contributed by atoms with Crippen LogP contribution in [0, 0.1) is 11.7 Å². The molecule has 2 fully saturated rings. The van der Waals surface area contributed by atoms with Gasteiger partial charge in [-0.25, -0.2) is 31.5 Å². The number of fused-ring (bicyclic) bond motifs is 1. The minimum atomic E-state index is -4.91. The largest absolute Gasteiger partial charge is 0.418 e. The van der Waals surface area contributed by atoms with Crippen molar-refractivity contribution in [2.75, 3.05) is 18.8 Å². The predicted octanol–water partition coefficient (Wildman–Crippen LogP) is 4.32. The normalized spacial score (nSPS) is 22.4. The summed E-state index contributed by atoms with van der Waals surface area (Å²) in [7, 11) is 0. The summed E-state index contributed by atoms with van der Waals surface area (Å²) in [6.45, 7) is -2.32. The van der Waals surface area contributed by atoms with Gasteiger partial charge < -0.3 is 16.0 Å². The van der Waals surface area contributed by atoms with Gasteiger partial charge in [0.15, 0.2) is 5.82 Å². The van der Waals surface area contributed by atoms with Crippen LogP contribution in [-0.4, -0.2) is 62.5 Å². The van der Waals surface area contributed by atoms with E-state index in [0.29, 0.717) is 6.07 Å². The Labute approximate surface area is 226 Å². The molecule has 2 amide bonds. The van der Waals surface area contributed by atoms with Gasteiger partial charge in [-0.3, -0.25) is 9.59 Å². The smallest absolute Gasteiger partial charge is 0.382 e. The third-order valence-electron chi connectivity index (χ3n) is 7.39. The first-order valence-electron chi connectivity index (χ1n) is 12.4. The summed E-state index contributed by atoms with van der Waals surface area (Å²) in [6, 6.07) is 0.943. The molecule has 1 saturated heterocycles. The van der Waals surface area contributed by atoms with Crippen molar-refractivity contribution in [3.8, 4) is 11.3 Å². The molecule has 0 spiro atoms. The molecule has 2 aliphatic rings. The Hall–Kier alpha value is -3.98. The fourth-order valence-electron chi connectivity index (χ4n) is 5.36. The average molecular weight is 590 g/mol. The second-order valence-electron chi connectivity index (χ2n) is 10.1. The van der Waals surface area contributed by atoms with Crippen molar-refractivity contribution in [2.45, 2.75) is 50.2 Å². The number of nitrogens with one attached hydrogen (secondary N) is 1. The summed E-state index contributed by atoms with van der Waals surface area (Å²) < 4.78 is 113. The quantitative estimate of drug-likeness (QED) is 0.431. The van der Waals surface area contributed by atoms with Gasteiger partial charge >= 0.3 is 6.18 Å². The van der Waals surface area contributed by atoms with Gasteiger partial charge in [0.1, 0.15) is 30.5 Å². The number of nitrogens with two attached hydrogens (primary N) is 1. The molecule has 1 aliphatic carbocycles. The van der Waals surface area contributed by atoms with Crippen LogP contribution >= 0.6 is 0 Å². The number of hydrogen-bond acceptors (Lipinski definition) is 5. The molecule has 2 aromatic heterocycles. The Morgan fingerprint density at radius 1 is 1.17 bits per heavy atom. The van der Waals surface area contributed by atoms with Crippen molar-refractivity contribution < 1.29 is 44.7 Å². The lowest BCUT2D eigenvalue weighted by atomic mass is 10.0. The van der Waals surface area contributed by atoms with Crippen molar-refractivity contribution in [1.82, 2.24) is 24.8 Å². The van der Waals surface area contributed by atoms with E-state index in [4.69, 9.17) is 5.73 Å². The van der Waals surface area contributed by atoms with Gasteiger partial charge in [0, 0.05) is 42.0 Å². The van der Waals surface area contributed by atoms with E-state index in [0.717, 1.165) is 27.9 Å². The molecule has 41 heavy (non-hydrogen) atoms. The summed E-state index contributed by atoms with van der Waals surface area (Å²) in [5.41, 5.74) is 1.79. The molecule has 220 valence electrons. The Morgan fingerprint density at radius 2 is 1.90 bits per heavy atom. The van der Waals surface area contributed by atoms with Crippen LogP contribution in [0.25, 0.3) is 16.8 Å². The van der Waals surface area contributed by atoms with Crippen LogP contribution in [0.4, 0.5) is 40.9 Å². The van der Waals surface area contributed by atoms with Crippen LogP contribution in [0.3, 0.4) is 0 Å². The zero-order valence-electron chi connectivity index (χ0n) is 21.0. The predicted molar refractivity (Wildman–Crippen MR) is 128 cm³/mol. The fourth-order valence-corrected chi connectivity index (χ4v) is 5.36. The molecule has 0 radical (unpaired) electrons. The topological polar surface area (TPSA) is 106 Å². The summed E-state index contributed by atoms with van der Waals surface area (Å²) in [4.78, 5) is 30.3. The Balaban J connectivity index is 1.44. The van der Waals surface area contributed by atoms with Gasteiger partial charge in [-0.2, -0.15) is 18.3 Å². The highest BCUT2D eigenvalue weighted by Crippen LogP contribution is 2.41. The molecule has 0 bridgehead atoms. The monoisotopic (exact) mass is 590 g/mol. The van der Waals surface area contributed by atoms with Crippen molar-refractivity contribution in [3.05, 3.63) is 47.0 Å². The van der Waals surface area contributed by atoms with Crippen LogP contribution in [-0.2, 0) is 17.6 Å².